The lowest BCUT2D eigenvalue weighted by atomic mass is 10.0. The van der Waals surface area contributed by atoms with Crippen molar-refractivity contribution in [1.29, 1.82) is 0 Å². The van der Waals surface area contributed by atoms with Gasteiger partial charge in [0.2, 0.25) is 0 Å². The van der Waals surface area contributed by atoms with Gasteiger partial charge in [-0.25, -0.2) is 0 Å². The van der Waals surface area contributed by atoms with E-state index < -0.39 is 0 Å². The van der Waals surface area contributed by atoms with Crippen molar-refractivity contribution in [2.75, 3.05) is 47.8 Å². The first-order valence-electron chi connectivity index (χ1n) is 6.79. The first-order valence-corrected chi connectivity index (χ1v) is 7.58. The topological polar surface area (TPSA) is 18.5 Å². The van der Waals surface area contributed by atoms with Gasteiger partial charge in [0, 0.05) is 23.6 Å². The van der Waals surface area contributed by atoms with Gasteiger partial charge in [0.25, 0.3) is 0 Å². The summed E-state index contributed by atoms with van der Waals surface area (Å²) in [6.45, 7) is 3.32. The molecule has 0 heterocycles. The minimum Gasteiger partial charge on any atom is -0.313 e. The van der Waals surface area contributed by atoms with Gasteiger partial charge in [0.1, 0.15) is 0 Å². The fraction of sp³-hybridized carbons (Fsp3) is 0.600. The summed E-state index contributed by atoms with van der Waals surface area (Å²) >= 11 is 3.54. The van der Waals surface area contributed by atoms with Crippen LogP contribution in [-0.4, -0.2) is 57.6 Å². The highest BCUT2D eigenvalue weighted by molar-refractivity contribution is 9.10. The Labute approximate surface area is 126 Å². The summed E-state index contributed by atoms with van der Waals surface area (Å²) < 4.78 is 1.14. The van der Waals surface area contributed by atoms with E-state index in [1.807, 2.05) is 7.05 Å². The molecule has 0 aliphatic rings. The van der Waals surface area contributed by atoms with Crippen molar-refractivity contribution >= 4 is 15.9 Å². The number of hydrogen-bond acceptors (Lipinski definition) is 3. The normalized spacial score (nSPS) is 13.2. The molecule has 0 spiro atoms. The van der Waals surface area contributed by atoms with Crippen molar-refractivity contribution in [2.24, 2.45) is 0 Å². The summed E-state index contributed by atoms with van der Waals surface area (Å²) in [7, 11) is 8.46. The summed E-state index contributed by atoms with van der Waals surface area (Å²) in [5, 5.41) is 3.41. The Balaban J connectivity index is 2.44. The zero-order valence-electron chi connectivity index (χ0n) is 12.5. The van der Waals surface area contributed by atoms with Crippen LogP contribution in [-0.2, 0) is 0 Å². The summed E-state index contributed by atoms with van der Waals surface area (Å²) in [6.07, 6.45) is 1.12. The number of nitrogens with one attached hydrogen (secondary N) is 1. The van der Waals surface area contributed by atoms with Gasteiger partial charge in [-0.3, -0.25) is 0 Å². The van der Waals surface area contributed by atoms with E-state index in [1.165, 1.54) is 5.56 Å². The predicted molar refractivity (Wildman–Crippen MR) is 86.6 cm³/mol. The van der Waals surface area contributed by atoms with Crippen molar-refractivity contribution in [3.8, 4) is 0 Å². The first-order chi connectivity index (χ1) is 9.02. The lowest BCUT2D eigenvalue weighted by Crippen LogP contribution is -2.31. The number of hydrogen-bond donors (Lipinski definition) is 1. The lowest BCUT2D eigenvalue weighted by Gasteiger charge is -2.23. The fourth-order valence-corrected chi connectivity index (χ4v) is 2.45. The maximum absolute atomic E-state index is 3.54. The number of likely N-dealkylation sites (N-methyl/N-ethyl adjacent to an activating group) is 2. The van der Waals surface area contributed by atoms with Gasteiger partial charge >= 0.3 is 0 Å². The molecule has 0 fully saturated rings. The third kappa shape index (κ3) is 6.52. The highest BCUT2D eigenvalue weighted by atomic mass is 79.9. The summed E-state index contributed by atoms with van der Waals surface area (Å²) in [5.74, 6) is 0. The minimum absolute atomic E-state index is 0.416. The molecule has 0 radical (unpaired) electrons. The summed E-state index contributed by atoms with van der Waals surface area (Å²) in [4.78, 5) is 4.61. The van der Waals surface area contributed by atoms with Crippen LogP contribution in [0.3, 0.4) is 0 Å². The zero-order chi connectivity index (χ0) is 14.3. The van der Waals surface area contributed by atoms with Gasteiger partial charge in [0.05, 0.1) is 0 Å². The predicted octanol–water partition coefficient (Wildman–Crippen LogP) is 2.59. The molecule has 19 heavy (non-hydrogen) atoms. The second-order valence-corrected chi connectivity index (χ2v) is 6.21. The van der Waals surface area contributed by atoms with Crippen LogP contribution in [0.5, 0.6) is 0 Å². The smallest absolute Gasteiger partial charge is 0.0330 e. The molecule has 0 amide bonds. The third-order valence-electron chi connectivity index (χ3n) is 3.33. The van der Waals surface area contributed by atoms with Gasteiger partial charge in [-0.2, -0.15) is 0 Å². The van der Waals surface area contributed by atoms with E-state index in [0.717, 1.165) is 30.5 Å². The maximum Gasteiger partial charge on any atom is 0.0330 e. The Morgan fingerprint density at radius 2 is 1.89 bits per heavy atom. The first kappa shape index (κ1) is 16.6. The molecule has 0 saturated carbocycles. The molecule has 1 N–H and O–H groups in total. The molecule has 1 aromatic rings. The standard InChI is InChI=1S/C15H26BrN3/c1-17-15(13-6-5-7-14(16)12-13)8-9-19(4)11-10-18(2)3/h5-7,12,15,17H,8-11H2,1-4H3. The highest BCUT2D eigenvalue weighted by Gasteiger charge is 2.10. The molecule has 0 saturated heterocycles. The van der Waals surface area contributed by atoms with Gasteiger partial charge < -0.3 is 15.1 Å². The van der Waals surface area contributed by atoms with Crippen LogP contribution in [0.4, 0.5) is 0 Å². The van der Waals surface area contributed by atoms with Crippen molar-refractivity contribution in [1.82, 2.24) is 15.1 Å². The molecule has 1 rings (SSSR count). The van der Waals surface area contributed by atoms with Crippen LogP contribution in [0, 0.1) is 0 Å². The van der Waals surface area contributed by atoms with Crippen molar-refractivity contribution < 1.29 is 0 Å². The minimum atomic E-state index is 0.416. The molecule has 1 aromatic carbocycles. The van der Waals surface area contributed by atoms with Crippen LogP contribution in [0.25, 0.3) is 0 Å². The van der Waals surface area contributed by atoms with E-state index in [-0.39, 0.29) is 0 Å². The SMILES string of the molecule is CNC(CCN(C)CCN(C)C)c1cccc(Br)c1. The fourth-order valence-electron chi connectivity index (χ4n) is 2.03. The van der Waals surface area contributed by atoms with E-state index in [4.69, 9.17) is 0 Å². The molecule has 3 nitrogen and oxygen atoms in total. The van der Waals surface area contributed by atoms with Gasteiger partial charge in [-0.15, -0.1) is 0 Å². The molecular formula is C15H26BrN3. The molecule has 1 atom stereocenters. The number of nitrogens with zero attached hydrogens (tertiary/aromatic N) is 2. The number of halogens is 1. The Morgan fingerprint density at radius 3 is 2.47 bits per heavy atom. The summed E-state index contributed by atoms with van der Waals surface area (Å²) in [6, 6.07) is 8.96. The average Bonchev–Trinajstić information content (AvgIpc) is 2.37. The van der Waals surface area contributed by atoms with E-state index in [1.54, 1.807) is 0 Å². The van der Waals surface area contributed by atoms with Crippen molar-refractivity contribution in [3.63, 3.8) is 0 Å². The maximum atomic E-state index is 3.54. The largest absolute Gasteiger partial charge is 0.313 e. The lowest BCUT2D eigenvalue weighted by molar-refractivity contribution is 0.270. The molecule has 0 aliphatic heterocycles. The van der Waals surface area contributed by atoms with Crippen molar-refractivity contribution in [3.05, 3.63) is 34.3 Å². The molecule has 4 heteroatoms. The molecule has 108 valence electrons. The van der Waals surface area contributed by atoms with Crippen LogP contribution in [0.2, 0.25) is 0 Å². The highest BCUT2D eigenvalue weighted by Crippen LogP contribution is 2.20. The van der Waals surface area contributed by atoms with Crippen LogP contribution < -0.4 is 5.32 Å². The Bertz CT molecular complexity index is 368. The van der Waals surface area contributed by atoms with E-state index >= 15 is 0 Å². The Hall–Kier alpha value is -0.420. The molecule has 0 bridgehead atoms. The third-order valence-corrected chi connectivity index (χ3v) is 3.82. The molecule has 0 aliphatic carbocycles. The number of benzene rings is 1. The van der Waals surface area contributed by atoms with Gasteiger partial charge in [-0.05, 0) is 58.9 Å². The second kappa shape index (κ2) is 8.69. The summed E-state index contributed by atoms with van der Waals surface area (Å²) in [5.41, 5.74) is 1.35. The van der Waals surface area contributed by atoms with Crippen molar-refractivity contribution in [2.45, 2.75) is 12.5 Å². The van der Waals surface area contributed by atoms with Crippen LogP contribution >= 0.6 is 15.9 Å². The Morgan fingerprint density at radius 1 is 1.16 bits per heavy atom. The molecule has 0 aromatic heterocycles. The average molecular weight is 328 g/mol. The van der Waals surface area contributed by atoms with E-state index in [2.05, 4.69) is 76.5 Å². The van der Waals surface area contributed by atoms with Gasteiger partial charge in [0.15, 0.2) is 0 Å². The van der Waals surface area contributed by atoms with Gasteiger partial charge in [-0.1, -0.05) is 28.1 Å². The Kier molecular flexibility index (Phi) is 7.61. The monoisotopic (exact) mass is 327 g/mol. The molecular weight excluding hydrogens is 302 g/mol. The van der Waals surface area contributed by atoms with Crippen LogP contribution in [0.1, 0.15) is 18.0 Å². The number of rotatable bonds is 8. The van der Waals surface area contributed by atoms with E-state index in [0.29, 0.717) is 6.04 Å². The molecule has 1 unspecified atom stereocenters. The van der Waals surface area contributed by atoms with E-state index in [9.17, 15) is 0 Å². The second-order valence-electron chi connectivity index (χ2n) is 5.29. The van der Waals surface area contributed by atoms with Crippen LogP contribution in [0.15, 0.2) is 28.7 Å². The quantitative estimate of drug-likeness (QED) is 0.791. The zero-order valence-corrected chi connectivity index (χ0v) is 14.1.